The number of hydrogen-bond acceptors (Lipinski definition) is 7. The first kappa shape index (κ1) is 27.5. The Kier molecular flexibility index (Phi) is 6.77. The van der Waals surface area contributed by atoms with E-state index in [4.69, 9.17) is 9.61 Å². The van der Waals surface area contributed by atoms with Gasteiger partial charge in [-0.3, -0.25) is 4.98 Å². The number of aromatic nitrogens is 4. The third kappa shape index (κ3) is 4.93. The predicted molar refractivity (Wildman–Crippen MR) is 195 cm³/mol. The predicted octanol–water partition coefficient (Wildman–Crippen LogP) is 11.3. The van der Waals surface area contributed by atoms with Gasteiger partial charge in [0.2, 0.25) is 0 Å². The average Bonchev–Trinajstić information content (AvgIpc) is 3.92. The van der Waals surface area contributed by atoms with E-state index in [9.17, 15) is 0 Å². The maximum absolute atomic E-state index is 5.44. The largest absolute Gasteiger partial charge is 0.265 e. The van der Waals surface area contributed by atoms with Crippen molar-refractivity contribution in [2.24, 2.45) is 0 Å². The highest BCUT2D eigenvalue weighted by atomic mass is 32.1. The molecule has 5 aromatic heterocycles. The topological polar surface area (TPSA) is 64.7 Å². The SMILES string of the molecule is C(=C\c1nc(-c2ccc(-c3cccc4ccccc34)s2)c2nonc2c1-c1ccc(-c2cccc3ccccc23)s1)/c1ccncc1. The highest BCUT2D eigenvalue weighted by Crippen LogP contribution is 2.44. The fourth-order valence-electron chi connectivity index (χ4n) is 6.15. The Morgan fingerprint density at radius 1 is 0.511 bits per heavy atom. The Bertz CT molecular complexity index is 2590. The molecule has 0 spiro atoms. The molecule has 0 unspecified atom stereocenters. The van der Waals surface area contributed by atoms with E-state index in [0.29, 0.717) is 11.0 Å². The van der Waals surface area contributed by atoms with Gasteiger partial charge in [-0.25, -0.2) is 9.61 Å². The van der Waals surface area contributed by atoms with Gasteiger partial charge in [-0.05, 0) is 91.0 Å². The quantitative estimate of drug-likeness (QED) is 0.181. The molecule has 0 aliphatic carbocycles. The normalized spacial score (nSPS) is 11.7. The van der Waals surface area contributed by atoms with E-state index in [1.165, 1.54) is 42.4 Å². The Balaban J connectivity index is 1.21. The lowest BCUT2D eigenvalue weighted by Gasteiger charge is -2.08. The van der Waals surface area contributed by atoms with Crippen LogP contribution >= 0.6 is 22.7 Å². The van der Waals surface area contributed by atoms with Gasteiger partial charge in [0.25, 0.3) is 0 Å². The number of nitrogens with zero attached hydrogens (tertiary/aromatic N) is 4. The molecule has 9 rings (SSSR count). The first-order chi connectivity index (χ1) is 23.3. The summed E-state index contributed by atoms with van der Waals surface area (Å²) in [5.74, 6) is 0. The summed E-state index contributed by atoms with van der Waals surface area (Å²) >= 11 is 3.42. The van der Waals surface area contributed by atoms with Crippen molar-refractivity contribution in [2.45, 2.75) is 0 Å². The monoisotopic (exact) mass is 640 g/mol. The van der Waals surface area contributed by atoms with Crippen LogP contribution in [0.4, 0.5) is 0 Å². The molecule has 4 aromatic carbocycles. The van der Waals surface area contributed by atoms with E-state index in [1.807, 2.05) is 12.1 Å². The molecule has 5 nitrogen and oxygen atoms in total. The molecule has 0 aliphatic heterocycles. The number of hydrogen-bond donors (Lipinski definition) is 0. The molecular formula is C40H24N4OS2. The van der Waals surface area contributed by atoms with Crippen molar-refractivity contribution >= 4 is 67.4 Å². The molecule has 5 heterocycles. The van der Waals surface area contributed by atoms with Crippen molar-refractivity contribution < 1.29 is 4.63 Å². The summed E-state index contributed by atoms with van der Waals surface area (Å²) in [7, 11) is 0. The van der Waals surface area contributed by atoms with Crippen molar-refractivity contribution in [1.29, 1.82) is 0 Å². The zero-order valence-corrected chi connectivity index (χ0v) is 26.5. The summed E-state index contributed by atoms with van der Waals surface area (Å²) in [4.78, 5) is 13.9. The van der Waals surface area contributed by atoms with Crippen molar-refractivity contribution in [3.05, 3.63) is 145 Å². The first-order valence-electron chi connectivity index (χ1n) is 15.2. The number of benzene rings is 4. The van der Waals surface area contributed by atoms with E-state index >= 15 is 0 Å². The number of fused-ring (bicyclic) bond motifs is 3. The summed E-state index contributed by atoms with van der Waals surface area (Å²) in [6, 6.07) is 42.4. The standard InChI is InChI=1S/C40H24N4OS2/c1-3-11-28-26(7-1)9-5-13-30(28)33-17-19-35(46-33)37-32(16-15-25-21-23-41-24-22-25)42-38(40-39(37)43-45-44-40)36-20-18-34(47-36)31-14-6-10-27-8-2-4-12-29(27)31/h1-24H/b16-15+. The van der Waals surface area contributed by atoms with Crippen molar-refractivity contribution in [3.63, 3.8) is 0 Å². The van der Waals surface area contributed by atoms with Crippen LogP contribution in [0, 0.1) is 0 Å². The minimum absolute atomic E-state index is 0.646. The maximum atomic E-state index is 5.44. The van der Waals surface area contributed by atoms with E-state index < -0.39 is 0 Å². The van der Waals surface area contributed by atoms with Crippen molar-refractivity contribution in [2.75, 3.05) is 0 Å². The van der Waals surface area contributed by atoms with Gasteiger partial charge >= 0.3 is 0 Å². The van der Waals surface area contributed by atoms with Gasteiger partial charge in [-0.1, -0.05) is 91.0 Å². The van der Waals surface area contributed by atoms with Crippen LogP contribution in [0.5, 0.6) is 0 Å². The average molecular weight is 641 g/mol. The van der Waals surface area contributed by atoms with Crippen LogP contribution in [0.2, 0.25) is 0 Å². The molecule has 0 N–H and O–H groups in total. The zero-order valence-electron chi connectivity index (χ0n) is 24.9. The summed E-state index contributed by atoms with van der Waals surface area (Å²) in [5.41, 5.74) is 7.22. The third-order valence-electron chi connectivity index (χ3n) is 8.38. The highest BCUT2D eigenvalue weighted by Gasteiger charge is 2.23. The van der Waals surface area contributed by atoms with Gasteiger partial charge < -0.3 is 0 Å². The lowest BCUT2D eigenvalue weighted by Crippen LogP contribution is -1.93. The molecule has 7 heteroatoms. The van der Waals surface area contributed by atoms with Gasteiger partial charge in [-0.2, -0.15) is 0 Å². The fourth-order valence-corrected chi connectivity index (χ4v) is 8.29. The smallest absolute Gasteiger partial charge is 0.163 e. The van der Waals surface area contributed by atoms with Crippen molar-refractivity contribution in [1.82, 2.24) is 20.3 Å². The molecule has 47 heavy (non-hydrogen) atoms. The first-order valence-corrected chi connectivity index (χ1v) is 16.8. The second kappa shape index (κ2) is 11.6. The number of pyridine rings is 2. The second-order valence-electron chi connectivity index (χ2n) is 11.2. The van der Waals surface area contributed by atoms with Crippen LogP contribution in [0.15, 0.2) is 138 Å². The molecule has 0 saturated carbocycles. The van der Waals surface area contributed by atoms with Crippen LogP contribution in [-0.4, -0.2) is 20.3 Å². The Morgan fingerprint density at radius 2 is 1.09 bits per heavy atom. The lowest BCUT2D eigenvalue weighted by atomic mass is 10.0. The Labute approximate surface area is 278 Å². The molecular weight excluding hydrogens is 617 g/mol. The van der Waals surface area contributed by atoms with Crippen LogP contribution in [0.1, 0.15) is 11.3 Å². The summed E-state index contributed by atoms with van der Waals surface area (Å²) in [6.45, 7) is 0. The van der Waals surface area contributed by atoms with E-state index in [2.05, 4.69) is 137 Å². The van der Waals surface area contributed by atoms with Gasteiger partial charge in [0.05, 0.1) is 10.6 Å². The molecule has 0 atom stereocenters. The van der Waals surface area contributed by atoms with Crippen LogP contribution in [-0.2, 0) is 0 Å². The molecule has 0 saturated heterocycles. The summed E-state index contributed by atoms with van der Waals surface area (Å²) in [5, 5.41) is 13.8. The fraction of sp³-hybridized carbons (Fsp3) is 0. The summed E-state index contributed by atoms with van der Waals surface area (Å²) < 4.78 is 5.44. The Morgan fingerprint density at radius 3 is 1.79 bits per heavy atom. The van der Waals surface area contributed by atoms with E-state index in [1.54, 1.807) is 35.1 Å². The van der Waals surface area contributed by atoms with Gasteiger partial charge in [0, 0.05) is 32.6 Å². The number of thiophene rings is 2. The molecule has 0 bridgehead atoms. The van der Waals surface area contributed by atoms with Crippen LogP contribution in [0.25, 0.3) is 86.6 Å². The van der Waals surface area contributed by atoms with Gasteiger partial charge in [-0.15, -0.1) is 22.7 Å². The zero-order chi connectivity index (χ0) is 31.2. The molecule has 0 fully saturated rings. The van der Waals surface area contributed by atoms with Crippen LogP contribution < -0.4 is 0 Å². The minimum Gasteiger partial charge on any atom is -0.265 e. The number of rotatable bonds is 6. The second-order valence-corrected chi connectivity index (χ2v) is 13.3. The Hall–Kier alpha value is -5.76. The van der Waals surface area contributed by atoms with E-state index in [-0.39, 0.29) is 0 Å². The van der Waals surface area contributed by atoms with E-state index in [0.717, 1.165) is 32.3 Å². The molecule has 9 aromatic rings. The third-order valence-corrected chi connectivity index (χ3v) is 10.6. The van der Waals surface area contributed by atoms with Crippen LogP contribution in [0.3, 0.4) is 0 Å². The molecule has 0 amide bonds. The molecule has 222 valence electrons. The van der Waals surface area contributed by atoms with Gasteiger partial charge in [0.1, 0.15) is 11.2 Å². The van der Waals surface area contributed by atoms with Crippen molar-refractivity contribution in [3.8, 4) is 41.9 Å². The molecule has 0 radical (unpaired) electrons. The van der Waals surface area contributed by atoms with Gasteiger partial charge in [0.15, 0.2) is 5.52 Å². The maximum Gasteiger partial charge on any atom is 0.163 e. The molecule has 0 aliphatic rings. The lowest BCUT2D eigenvalue weighted by molar-refractivity contribution is 0.315. The summed E-state index contributed by atoms with van der Waals surface area (Å²) in [6.07, 6.45) is 7.70. The minimum atomic E-state index is 0.646. The highest BCUT2D eigenvalue weighted by molar-refractivity contribution is 7.19.